The van der Waals surface area contributed by atoms with Crippen LogP contribution < -0.4 is 10.3 Å². The molecule has 3 heterocycles. The van der Waals surface area contributed by atoms with Gasteiger partial charge in [-0.05, 0) is 48.4 Å². The average molecular weight is 572 g/mol. The number of benzene rings is 4. The molecule has 1 amide bonds. The number of anilines is 1. The maximum atomic E-state index is 13.8. The maximum Gasteiger partial charge on any atom is 0.256 e. The highest BCUT2D eigenvalue weighted by atomic mass is 32.2. The van der Waals surface area contributed by atoms with Crippen LogP contribution in [-0.2, 0) is 7.05 Å². The summed E-state index contributed by atoms with van der Waals surface area (Å²) in [5.74, 6) is 0.0854. The van der Waals surface area contributed by atoms with Gasteiger partial charge in [0, 0.05) is 61.1 Å². The number of H-pyrrole nitrogens is 1. The van der Waals surface area contributed by atoms with Crippen LogP contribution >= 0.6 is 11.8 Å². The molecule has 0 aliphatic carbocycles. The number of carbonyl (C=O) groups is 1. The minimum atomic E-state index is -0.0828. The topological polar surface area (TPSA) is 56.6 Å². The lowest BCUT2D eigenvalue weighted by molar-refractivity contribution is 0.0725. The molecule has 4 aromatic carbocycles. The summed E-state index contributed by atoms with van der Waals surface area (Å²) in [6.07, 6.45) is 0.764. The first-order valence-corrected chi connectivity index (χ1v) is 15.2. The molecule has 1 unspecified atom stereocenters. The van der Waals surface area contributed by atoms with Gasteiger partial charge in [-0.3, -0.25) is 9.79 Å². The number of aromatic amines is 1. The van der Waals surface area contributed by atoms with E-state index in [1.807, 2.05) is 37.2 Å². The van der Waals surface area contributed by atoms with Crippen molar-refractivity contribution in [3.8, 4) is 0 Å². The quantitative estimate of drug-likeness (QED) is 0.217. The number of pyridine rings is 1. The van der Waals surface area contributed by atoms with E-state index < -0.39 is 0 Å². The molecule has 6 nitrogen and oxygen atoms in total. The number of carbonyl (C=O) groups excluding carboxylic acids is 1. The molecule has 2 aromatic heterocycles. The van der Waals surface area contributed by atoms with Crippen LogP contribution in [0.5, 0.6) is 0 Å². The van der Waals surface area contributed by atoms with Crippen LogP contribution in [-0.4, -0.2) is 47.5 Å². The molecule has 1 aliphatic rings. The number of amides is 1. The second-order valence-corrected chi connectivity index (χ2v) is 12.1. The summed E-state index contributed by atoms with van der Waals surface area (Å²) in [5.41, 5.74) is 6.36. The van der Waals surface area contributed by atoms with Crippen molar-refractivity contribution >= 4 is 56.2 Å². The highest BCUT2D eigenvalue weighted by Crippen LogP contribution is 2.45. The molecule has 7 heteroatoms. The molecule has 1 N–H and O–H groups in total. The van der Waals surface area contributed by atoms with Crippen molar-refractivity contribution in [2.45, 2.75) is 16.7 Å². The van der Waals surface area contributed by atoms with Crippen molar-refractivity contribution < 1.29 is 4.79 Å². The summed E-state index contributed by atoms with van der Waals surface area (Å²) in [4.78, 5) is 27.8. The van der Waals surface area contributed by atoms with E-state index in [4.69, 9.17) is 4.99 Å². The van der Waals surface area contributed by atoms with Gasteiger partial charge < -0.3 is 19.4 Å². The Morgan fingerprint density at radius 1 is 0.881 bits per heavy atom. The molecule has 0 spiro atoms. The zero-order valence-electron chi connectivity index (χ0n) is 24.0. The molecule has 42 heavy (non-hydrogen) atoms. The molecule has 0 saturated heterocycles. The van der Waals surface area contributed by atoms with Crippen molar-refractivity contribution in [1.82, 2.24) is 14.5 Å². The fourth-order valence-electron chi connectivity index (χ4n) is 6.03. The lowest BCUT2D eigenvalue weighted by atomic mass is 10.1. The third kappa shape index (κ3) is 4.45. The van der Waals surface area contributed by atoms with E-state index in [0.717, 1.165) is 60.9 Å². The van der Waals surface area contributed by atoms with Gasteiger partial charge in [0.25, 0.3) is 5.91 Å². The van der Waals surface area contributed by atoms with Crippen LogP contribution in [0.4, 0.5) is 5.69 Å². The van der Waals surface area contributed by atoms with Crippen LogP contribution in [0.2, 0.25) is 0 Å². The van der Waals surface area contributed by atoms with Crippen LogP contribution in [0.3, 0.4) is 0 Å². The molecule has 210 valence electrons. The number of rotatable bonds is 6. The molecule has 0 bridgehead atoms. The number of nitrogens with zero attached hydrogens (tertiary/aromatic N) is 4. The number of para-hydroxylation sites is 2. The molecule has 0 radical (unpaired) electrons. The molecular formula is C35H33N5OS. The Bertz CT molecular complexity index is 2020. The van der Waals surface area contributed by atoms with Gasteiger partial charge in [0.05, 0.1) is 21.8 Å². The Balaban J connectivity index is 1.24. The fourth-order valence-corrected chi connectivity index (χ4v) is 7.33. The van der Waals surface area contributed by atoms with Crippen LogP contribution in [0.25, 0.3) is 32.8 Å². The van der Waals surface area contributed by atoms with Gasteiger partial charge in [-0.15, -0.1) is 0 Å². The third-order valence-electron chi connectivity index (χ3n) is 8.20. The monoisotopic (exact) mass is 571 g/mol. The first-order chi connectivity index (χ1) is 20.5. The summed E-state index contributed by atoms with van der Waals surface area (Å²) < 4.78 is 2.22. The Hall–Kier alpha value is -4.49. The minimum Gasteiger partial charge on any atom is -0.378 e. The molecule has 7 rings (SSSR count). The van der Waals surface area contributed by atoms with Gasteiger partial charge in [-0.1, -0.05) is 72.4 Å². The predicted molar refractivity (Wildman–Crippen MR) is 174 cm³/mol. The van der Waals surface area contributed by atoms with E-state index in [1.54, 1.807) is 11.8 Å². The first-order valence-electron chi connectivity index (χ1n) is 14.3. The highest BCUT2D eigenvalue weighted by molar-refractivity contribution is 7.99. The first kappa shape index (κ1) is 26.4. The number of aromatic nitrogens is 2. The highest BCUT2D eigenvalue weighted by Gasteiger charge is 2.33. The van der Waals surface area contributed by atoms with E-state index >= 15 is 0 Å². The fraction of sp³-hybridized carbons (Fsp3) is 0.200. The van der Waals surface area contributed by atoms with Crippen LogP contribution in [0.15, 0.2) is 107 Å². The normalized spacial score (nSPS) is 15.6. The predicted octanol–water partition coefficient (Wildman–Crippen LogP) is 7.12. The maximum absolute atomic E-state index is 13.8. The molecule has 1 atom stereocenters. The van der Waals surface area contributed by atoms with E-state index in [1.165, 1.54) is 5.39 Å². The van der Waals surface area contributed by atoms with Crippen molar-refractivity contribution in [3.05, 3.63) is 114 Å². The van der Waals surface area contributed by atoms with Crippen LogP contribution in [0, 0.1) is 0 Å². The van der Waals surface area contributed by atoms with Crippen molar-refractivity contribution in [1.29, 1.82) is 0 Å². The summed E-state index contributed by atoms with van der Waals surface area (Å²) >= 11 is 1.75. The Labute approximate surface area is 249 Å². The molecule has 6 aromatic rings. The van der Waals surface area contributed by atoms with Crippen molar-refractivity contribution in [3.63, 3.8) is 0 Å². The number of hydrogen-bond acceptors (Lipinski definition) is 4. The number of nitrogens with one attached hydrogen (secondary N) is 1. The number of thioether (sulfide) groups is 1. The standard InChI is InChI=1S/C35H33N5OS/c1-38(2)24-19-17-23(18-20-24)35-40(34(41)27-13-6-9-16-30(27)42-35)22-10-21-36-32-26-12-5-8-15-29(26)39(3)33-31(32)25-11-4-7-14-28(25)37-33/h4-9,11-20,35,37H,10,21-22H2,1-3H3. The second kappa shape index (κ2) is 10.7. The third-order valence-corrected chi connectivity index (χ3v) is 9.56. The SMILES string of the molecule is CN(C)c1ccc(C2Sc3ccccc3C(=O)N2CCCN=c2c3ccccc3n(C)c3[nH]c4ccccc4c23)cc1. The average Bonchev–Trinajstić information content (AvgIpc) is 3.41. The van der Waals surface area contributed by atoms with Gasteiger partial charge in [0.15, 0.2) is 0 Å². The minimum absolute atomic E-state index is 0.0828. The second-order valence-electron chi connectivity index (χ2n) is 11.0. The van der Waals surface area contributed by atoms with Crippen LogP contribution in [0.1, 0.15) is 27.7 Å². The van der Waals surface area contributed by atoms with Gasteiger partial charge in [-0.25, -0.2) is 0 Å². The summed E-state index contributed by atoms with van der Waals surface area (Å²) in [7, 11) is 6.19. The lowest BCUT2D eigenvalue weighted by Crippen LogP contribution is -2.37. The number of hydrogen-bond donors (Lipinski definition) is 1. The van der Waals surface area contributed by atoms with Crippen molar-refractivity contribution in [2.75, 3.05) is 32.1 Å². The van der Waals surface area contributed by atoms with E-state index in [9.17, 15) is 4.79 Å². The summed E-state index contributed by atoms with van der Waals surface area (Å²) in [6, 6.07) is 33.4. The summed E-state index contributed by atoms with van der Waals surface area (Å²) in [6.45, 7) is 1.24. The Kier molecular flexibility index (Phi) is 6.75. The van der Waals surface area contributed by atoms with Gasteiger partial charge >= 0.3 is 0 Å². The zero-order chi connectivity index (χ0) is 28.8. The van der Waals surface area contributed by atoms with Gasteiger partial charge in [-0.2, -0.15) is 0 Å². The van der Waals surface area contributed by atoms with Gasteiger partial charge in [0.1, 0.15) is 11.0 Å². The molecule has 1 aliphatic heterocycles. The summed E-state index contributed by atoms with van der Waals surface area (Å²) in [5, 5.41) is 4.38. The molecule has 0 saturated carbocycles. The zero-order valence-corrected chi connectivity index (χ0v) is 24.9. The van der Waals surface area contributed by atoms with E-state index in [-0.39, 0.29) is 11.3 Å². The smallest absolute Gasteiger partial charge is 0.256 e. The number of aryl methyl sites for hydroxylation is 1. The van der Waals surface area contributed by atoms with E-state index in [2.05, 4.69) is 100 Å². The van der Waals surface area contributed by atoms with E-state index in [0.29, 0.717) is 13.1 Å². The largest absolute Gasteiger partial charge is 0.378 e. The Morgan fingerprint density at radius 3 is 2.40 bits per heavy atom. The number of fused-ring (bicyclic) bond motifs is 5. The Morgan fingerprint density at radius 2 is 1.60 bits per heavy atom. The lowest BCUT2D eigenvalue weighted by Gasteiger charge is -2.36. The van der Waals surface area contributed by atoms with Gasteiger partial charge in [0.2, 0.25) is 0 Å². The van der Waals surface area contributed by atoms with Crippen molar-refractivity contribution in [2.24, 2.45) is 12.0 Å². The molecular weight excluding hydrogens is 538 g/mol. The molecule has 0 fully saturated rings.